The fourth-order valence-corrected chi connectivity index (χ4v) is 5.54. The van der Waals surface area contributed by atoms with E-state index in [1.807, 2.05) is 31.1 Å². The second-order valence-electron chi connectivity index (χ2n) is 10.2. The number of fused-ring (bicyclic) bond motifs is 1. The second kappa shape index (κ2) is 9.58. The Labute approximate surface area is 201 Å². The Morgan fingerprint density at radius 3 is 2.59 bits per heavy atom. The van der Waals surface area contributed by atoms with E-state index in [1.165, 1.54) is 3.97 Å². The molecule has 0 N–H and O–H groups in total. The lowest BCUT2D eigenvalue weighted by Gasteiger charge is -2.57. The number of likely N-dealkylation sites (N-methyl/N-ethyl adjacent to an activating group) is 1. The maximum absolute atomic E-state index is 13.1. The van der Waals surface area contributed by atoms with Crippen LogP contribution in [0.2, 0.25) is 0 Å². The number of hydrogen-bond acceptors (Lipinski definition) is 8. The molecule has 0 aliphatic carbocycles. The molecule has 2 aliphatic rings. The third kappa shape index (κ3) is 5.01. The highest BCUT2D eigenvalue weighted by molar-refractivity contribution is 7.85. The van der Waals surface area contributed by atoms with Crippen LogP contribution in [-0.4, -0.2) is 93.9 Å². The van der Waals surface area contributed by atoms with Crippen LogP contribution < -0.4 is 0 Å². The van der Waals surface area contributed by atoms with E-state index in [0.717, 1.165) is 43.7 Å². The molecule has 0 unspecified atom stereocenters. The van der Waals surface area contributed by atoms with Gasteiger partial charge in [0.25, 0.3) is 0 Å². The number of para-hydroxylation sites is 1. The number of carbonyl (C=O) groups is 1. The Kier molecular flexibility index (Phi) is 7.08. The van der Waals surface area contributed by atoms with Gasteiger partial charge in [-0.15, -0.1) is 0 Å². The van der Waals surface area contributed by atoms with Crippen LogP contribution >= 0.6 is 0 Å². The van der Waals surface area contributed by atoms with Crippen molar-refractivity contribution in [1.29, 1.82) is 0 Å². The summed E-state index contributed by atoms with van der Waals surface area (Å²) in [6.07, 6.45) is 3.43. The summed E-state index contributed by atoms with van der Waals surface area (Å²) in [6, 6.07) is 7.35. The number of esters is 1. The number of nitrogens with zero attached hydrogens (tertiary/aromatic N) is 3. The Bertz CT molecular complexity index is 1130. The molecule has 2 aliphatic heterocycles. The third-order valence-electron chi connectivity index (χ3n) is 6.80. The van der Waals surface area contributed by atoms with Crippen LogP contribution in [0.25, 0.3) is 10.9 Å². The molecule has 3 heterocycles. The van der Waals surface area contributed by atoms with E-state index in [2.05, 4.69) is 4.90 Å². The summed E-state index contributed by atoms with van der Waals surface area (Å²) < 4.78 is 43.5. The van der Waals surface area contributed by atoms with Crippen molar-refractivity contribution >= 4 is 27.2 Å². The van der Waals surface area contributed by atoms with Crippen molar-refractivity contribution in [2.24, 2.45) is 5.41 Å². The van der Waals surface area contributed by atoms with Gasteiger partial charge in [-0.2, -0.15) is 8.42 Å². The molecule has 2 aromatic rings. The van der Waals surface area contributed by atoms with Crippen molar-refractivity contribution < 1.29 is 26.9 Å². The van der Waals surface area contributed by atoms with Gasteiger partial charge in [0.2, 0.25) is 0 Å². The van der Waals surface area contributed by atoms with E-state index >= 15 is 0 Å². The lowest BCUT2D eigenvalue weighted by molar-refractivity contribution is -0.197. The second-order valence-corrected chi connectivity index (χ2v) is 11.7. The first-order chi connectivity index (χ1) is 16.0. The summed E-state index contributed by atoms with van der Waals surface area (Å²) in [5.41, 5.74) is 0.510. The first kappa shape index (κ1) is 25.1. The number of benzene rings is 1. The van der Waals surface area contributed by atoms with Gasteiger partial charge in [-0.1, -0.05) is 18.2 Å². The van der Waals surface area contributed by atoms with Gasteiger partial charge in [0.15, 0.2) is 0 Å². The molecule has 34 heavy (non-hydrogen) atoms. The molecule has 2 fully saturated rings. The van der Waals surface area contributed by atoms with Gasteiger partial charge >= 0.3 is 16.3 Å². The molecule has 0 atom stereocenters. The monoisotopic (exact) mass is 493 g/mol. The fraction of sp³-hybridized carbons (Fsp3) is 0.625. The smallest absolute Gasteiger partial charge is 0.366 e. The molecule has 0 radical (unpaired) electrons. The molecule has 4 rings (SSSR count). The van der Waals surface area contributed by atoms with Crippen molar-refractivity contribution in [2.75, 3.05) is 60.2 Å². The topological polar surface area (TPSA) is 90.3 Å². The van der Waals surface area contributed by atoms with Gasteiger partial charge in [0.1, 0.15) is 6.61 Å². The number of carbonyl (C=O) groups excluding carboxylic acids is 1. The predicted octanol–water partition coefficient (Wildman–Crippen LogP) is 1.90. The average molecular weight is 494 g/mol. The summed E-state index contributed by atoms with van der Waals surface area (Å²) in [5, 5.41) is 0.871. The Balaban J connectivity index is 1.37. The molecular weight excluding hydrogens is 458 g/mol. The van der Waals surface area contributed by atoms with Crippen molar-refractivity contribution in [1.82, 2.24) is 13.8 Å². The Hall–Kier alpha value is -1.98. The Morgan fingerprint density at radius 1 is 1.24 bits per heavy atom. The summed E-state index contributed by atoms with van der Waals surface area (Å²) in [4.78, 5) is 17.0. The maximum Gasteiger partial charge on any atom is 0.366 e. The molecule has 0 saturated carbocycles. The number of hydrogen-bond donors (Lipinski definition) is 0. The van der Waals surface area contributed by atoms with Crippen molar-refractivity contribution in [2.45, 2.75) is 32.2 Å². The normalized spacial score (nSPS) is 18.3. The zero-order valence-corrected chi connectivity index (χ0v) is 21.3. The molecule has 9 nitrogen and oxygen atoms in total. The van der Waals surface area contributed by atoms with E-state index in [-0.39, 0.29) is 18.8 Å². The van der Waals surface area contributed by atoms with Crippen molar-refractivity contribution in [3.8, 4) is 0 Å². The minimum absolute atomic E-state index is 0.143. The fourth-order valence-electron chi connectivity index (χ4n) is 4.33. The lowest BCUT2D eigenvalue weighted by Crippen LogP contribution is -2.71. The van der Waals surface area contributed by atoms with E-state index in [4.69, 9.17) is 13.7 Å². The predicted molar refractivity (Wildman–Crippen MR) is 129 cm³/mol. The highest BCUT2D eigenvalue weighted by Crippen LogP contribution is 2.36. The van der Waals surface area contributed by atoms with Crippen LogP contribution in [0, 0.1) is 5.41 Å². The minimum atomic E-state index is -4.14. The minimum Gasteiger partial charge on any atom is -0.464 e. The molecule has 188 valence electrons. The first-order valence-corrected chi connectivity index (χ1v) is 13.0. The number of likely N-dealkylation sites (tertiary alicyclic amines) is 1. The standard InChI is InChI=1S/C24H35N3O6S/c1-23(2,22(28)32-14-13-26-12-10-24(26)17-31-18-24)16-33-34(29,30)27-15-19(9-11-25(3)4)20-7-5-6-8-21(20)27/h5-8,15H,9-14,16-18H2,1-4H3. The van der Waals surface area contributed by atoms with Crippen LogP contribution in [0.3, 0.4) is 0 Å². The van der Waals surface area contributed by atoms with E-state index < -0.39 is 21.7 Å². The van der Waals surface area contributed by atoms with Gasteiger partial charge < -0.3 is 14.4 Å². The molecule has 2 saturated heterocycles. The molecule has 0 amide bonds. The van der Waals surface area contributed by atoms with Gasteiger partial charge in [-0.25, -0.2) is 3.97 Å². The Morgan fingerprint density at radius 2 is 1.97 bits per heavy atom. The van der Waals surface area contributed by atoms with Gasteiger partial charge in [0.05, 0.1) is 36.3 Å². The van der Waals surface area contributed by atoms with Gasteiger partial charge in [-0.3, -0.25) is 13.9 Å². The molecule has 1 spiro atoms. The first-order valence-electron chi connectivity index (χ1n) is 11.7. The highest BCUT2D eigenvalue weighted by atomic mass is 32.2. The van der Waals surface area contributed by atoms with Crippen molar-refractivity contribution in [3.05, 3.63) is 36.0 Å². The highest BCUT2D eigenvalue weighted by Gasteiger charge is 2.50. The lowest BCUT2D eigenvalue weighted by atomic mass is 9.83. The van der Waals surface area contributed by atoms with E-state index in [1.54, 1.807) is 32.2 Å². The summed E-state index contributed by atoms with van der Waals surface area (Å²) in [5.74, 6) is -0.480. The number of rotatable bonds is 11. The zero-order chi connectivity index (χ0) is 24.6. The molecule has 10 heteroatoms. The SMILES string of the molecule is CN(C)CCc1cn(S(=O)(=O)OCC(C)(C)C(=O)OCCN2CCC23COC3)c2ccccc12. The van der Waals surface area contributed by atoms with Crippen LogP contribution in [0.1, 0.15) is 25.8 Å². The zero-order valence-electron chi connectivity index (χ0n) is 20.5. The number of ether oxygens (including phenoxy) is 2. The summed E-state index contributed by atoms with van der Waals surface area (Å²) >= 11 is 0. The quantitative estimate of drug-likeness (QED) is 0.439. The maximum atomic E-state index is 13.1. The van der Waals surface area contributed by atoms with E-state index in [0.29, 0.717) is 18.5 Å². The molecule has 0 bridgehead atoms. The average Bonchev–Trinajstić information content (AvgIpc) is 3.11. The largest absolute Gasteiger partial charge is 0.464 e. The van der Waals surface area contributed by atoms with Crippen LogP contribution in [-0.2, 0) is 35.2 Å². The van der Waals surface area contributed by atoms with E-state index in [9.17, 15) is 13.2 Å². The van der Waals surface area contributed by atoms with Crippen LogP contribution in [0.5, 0.6) is 0 Å². The van der Waals surface area contributed by atoms with Gasteiger partial charge in [-0.05, 0) is 52.4 Å². The van der Waals surface area contributed by atoms with Gasteiger partial charge in [0, 0.05) is 31.2 Å². The summed E-state index contributed by atoms with van der Waals surface area (Å²) in [6.45, 7) is 7.11. The number of aromatic nitrogens is 1. The third-order valence-corrected chi connectivity index (χ3v) is 8.00. The van der Waals surface area contributed by atoms with Crippen LogP contribution in [0.4, 0.5) is 0 Å². The summed E-state index contributed by atoms with van der Waals surface area (Å²) in [7, 11) is -0.187. The molecule has 1 aromatic heterocycles. The van der Waals surface area contributed by atoms with Crippen LogP contribution in [0.15, 0.2) is 30.5 Å². The molecule has 1 aromatic carbocycles. The van der Waals surface area contributed by atoms with Crippen molar-refractivity contribution in [3.63, 3.8) is 0 Å². The molecular formula is C24H35N3O6S.